The molecule has 1 saturated heterocycles. The van der Waals surface area contributed by atoms with Crippen LogP contribution in [0.1, 0.15) is 57.6 Å². The van der Waals surface area contributed by atoms with Crippen LogP contribution in [0, 0.1) is 6.92 Å². The van der Waals surface area contributed by atoms with Crippen LogP contribution in [0.15, 0.2) is 54.1 Å². The van der Waals surface area contributed by atoms with Crippen LogP contribution in [0.2, 0.25) is 0 Å². The zero-order valence-corrected chi connectivity index (χ0v) is 25.9. The third-order valence-electron chi connectivity index (χ3n) is 8.65. The Bertz CT molecular complexity index is 1240. The molecule has 0 saturated carbocycles. The van der Waals surface area contributed by atoms with E-state index in [4.69, 9.17) is 9.63 Å². The minimum atomic E-state index is -1.55. The lowest BCUT2D eigenvalue weighted by molar-refractivity contribution is -0.148. The molecule has 5 atom stereocenters. The maximum absolute atomic E-state index is 12.6. The average molecular weight is 585 g/mol. The number of carbonyl (C=O) groups is 2. The molecular weight excluding hydrogens is 539 g/mol. The first-order valence-electron chi connectivity index (χ1n) is 14.4. The number of Topliss-reactive ketones (excluding diaryl/α,β-unsaturated/α-hetero) is 1. The molecule has 3 aliphatic rings. The Morgan fingerprint density at radius 1 is 1.22 bits per heavy atom. The van der Waals surface area contributed by atoms with E-state index in [1.807, 2.05) is 53.1 Å². The van der Waals surface area contributed by atoms with E-state index in [0.717, 1.165) is 23.2 Å². The van der Waals surface area contributed by atoms with Gasteiger partial charge in [-0.25, -0.2) is 0 Å². The number of carbonyl (C=O) groups excluding carboxylic acids is 2. The number of ketones is 1. The Morgan fingerprint density at radius 3 is 2.54 bits per heavy atom. The number of piperidine rings is 1. The van der Waals surface area contributed by atoms with Crippen LogP contribution in [0.3, 0.4) is 0 Å². The van der Waals surface area contributed by atoms with Crippen molar-refractivity contribution in [2.45, 2.75) is 76.5 Å². The number of fused-ring (bicyclic) bond motifs is 1. The van der Waals surface area contributed by atoms with Gasteiger partial charge in [-0.2, -0.15) is 0 Å². The van der Waals surface area contributed by atoms with Crippen molar-refractivity contribution in [3.8, 4) is 11.5 Å². The molecule has 8 nitrogen and oxygen atoms in total. The third-order valence-corrected chi connectivity index (χ3v) is 9.67. The quantitative estimate of drug-likeness (QED) is 0.219. The Kier molecular flexibility index (Phi) is 11.3. The predicted molar refractivity (Wildman–Crippen MR) is 165 cm³/mol. The molecule has 5 unspecified atom stereocenters. The minimum absolute atomic E-state index is 0.0761. The maximum Gasteiger partial charge on any atom is 0.173 e. The summed E-state index contributed by atoms with van der Waals surface area (Å²) in [5.41, 5.74) is 1.16. The van der Waals surface area contributed by atoms with E-state index in [1.165, 1.54) is 0 Å². The number of rotatable bonds is 7. The number of nitrogens with one attached hydrogen (secondary N) is 1. The van der Waals surface area contributed by atoms with Gasteiger partial charge >= 0.3 is 0 Å². The molecule has 2 heterocycles. The number of benzene rings is 2. The highest BCUT2D eigenvalue weighted by molar-refractivity contribution is 7.74. The van der Waals surface area contributed by atoms with Gasteiger partial charge in [-0.05, 0) is 64.5 Å². The van der Waals surface area contributed by atoms with Gasteiger partial charge in [0.2, 0.25) is 0 Å². The predicted octanol–water partition coefficient (Wildman–Crippen LogP) is 3.97. The fourth-order valence-corrected chi connectivity index (χ4v) is 7.02. The molecule has 1 aliphatic carbocycles. The summed E-state index contributed by atoms with van der Waals surface area (Å²) in [6.07, 6.45) is 3.55. The number of ether oxygens (including phenoxy) is 1. The molecule has 1 fully saturated rings. The van der Waals surface area contributed by atoms with Gasteiger partial charge in [0.25, 0.3) is 0 Å². The number of likely N-dealkylation sites (tertiary alicyclic amines) is 1. The molecule has 224 valence electrons. The highest BCUT2D eigenvalue weighted by atomic mass is 31.1. The van der Waals surface area contributed by atoms with Gasteiger partial charge in [0.1, 0.15) is 20.0 Å². The lowest BCUT2D eigenvalue weighted by Crippen LogP contribution is -2.71. The van der Waals surface area contributed by atoms with Crippen LogP contribution in [0.5, 0.6) is 11.5 Å². The van der Waals surface area contributed by atoms with E-state index >= 15 is 0 Å². The second kappa shape index (κ2) is 14.0. The summed E-state index contributed by atoms with van der Waals surface area (Å²) in [4.78, 5) is 33.9. The summed E-state index contributed by atoms with van der Waals surface area (Å²) < 4.78 is 6.38. The van der Waals surface area contributed by atoms with Gasteiger partial charge in [-0.15, -0.1) is 0 Å². The van der Waals surface area contributed by atoms with E-state index < -0.39 is 25.3 Å². The van der Waals surface area contributed by atoms with Crippen molar-refractivity contribution in [1.82, 2.24) is 10.2 Å². The number of aliphatic hydroxyl groups is 1. The molecule has 0 bridgehead atoms. The van der Waals surface area contributed by atoms with Gasteiger partial charge in [0.05, 0.1) is 11.0 Å². The smallest absolute Gasteiger partial charge is 0.173 e. The monoisotopic (exact) mass is 584 g/mol. The van der Waals surface area contributed by atoms with Gasteiger partial charge < -0.3 is 30.1 Å². The van der Waals surface area contributed by atoms with Crippen LogP contribution in [0.25, 0.3) is 0 Å². The van der Waals surface area contributed by atoms with E-state index in [2.05, 4.69) is 17.1 Å². The molecule has 5 rings (SSSR count). The van der Waals surface area contributed by atoms with Gasteiger partial charge in [0.15, 0.2) is 17.5 Å². The number of likely N-dealkylation sites (N-methyl/N-ethyl adjacent to an activating group) is 1. The first kappa shape index (κ1) is 32.9. The summed E-state index contributed by atoms with van der Waals surface area (Å²) >= 11 is 0. The largest absolute Gasteiger partial charge is 0.504 e. The normalized spacial score (nSPS) is 26.8. The van der Waals surface area contributed by atoms with Crippen molar-refractivity contribution in [3.63, 3.8) is 0 Å². The molecule has 9 heteroatoms. The molecule has 2 aromatic carbocycles. The summed E-state index contributed by atoms with van der Waals surface area (Å²) in [7, 11) is 2.32. The molecule has 41 heavy (non-hydrogen) atoms. The maximum atomic E-state index is 12.6. The van der Waals surface area contributed by atoms with E-state index in [9.17, 15) is 19.8 Å². The van der Waals surface area contributed by atoms with Crippen LogP contribution < -0.4 is 15.4 Å². The molecule has 1 spiro atoms. The zero-order valence-electron chi connectivity index (χ0n) is 25.1. The Hall–Kier alpha value is -2.61. The van der Waals surface area contributed by atoms with Gasteiger partial charge in [0, 0.05) is 36.3 Å². The van der Waals surface area contributed by atoms with E-state index in [1.54, 1.807) is 30.3 Å². The van der Waals surface area contributed by atoms with E-state index in [-0.39, 0.29) is 17.6 Å². The first-order valence-corrected chi connectivity index (χ1v) is 15.7. The lowest BCUT2D eigenvalue weighted by Gasteiger charge is -2.59. The SMILES string of the molecule is CC.CNCCC(=O)CC1=CCC2(O)C(C)N(C)CCC23c2c(C)ccc(O)c2OC13.O=CP(O)c1ccccc1. The molecule has 0 radical (unpaired) electrons. The number of phenolic OH excluding ortho intramolecular Hbond substituents is 1. The van der Waals surface area contributed by atoms with Crippen molar-refractivity contribution >= 4 is 25.3 Å². The summed E-state index contributed by atoms with van der Waals surface area (Å²) in [6.45, 7) is 9.54. The highest BCUT2D eigenvalue weighted by Crippen LogP contribution is 2.62. The molecule has 2 aromatic rings. The number of hydrogen-bond donors (Lipinski definition) is 4. The van der Waals surface area contributed by atoms with Crippen molar-refractivity contribution in [2.75, 3.05) is 27.2 Å². The fourth-order valence-electron chi connectivity index (χ4n) is 6.42. The zero-order chi connectivity index (χ0) is 30.4. The number of hydrogen-bond acceptors (Lipinski definition) is 8. The lowest BCUT2D eigenvalue weighted by atomic mass is 9.53. The van der Waals surface area contributed by atoms with E-state index in [0.29, 0.717) is 49.3 Å². The van der Waals surface area contributed by atoms with Gasteiger partial charge in [-0.1, -0.05) is 56.3 Å². The summed E-state index contributed by atoms with van der Waals surface area (Å²) in [5.74, 6) is 0.734. The summed E-state index contributed by atoms with van der Waals surface area (Å²) in [5, 5.41) is 26.4. The average Bonchev–Trinajstić information content (AvgIpc) is 3.37. The number of aromatic hydroxyl groups is 1. The van der Waals surface area contributed by atoms with Crippen LogP contribution in [0.4, 0.5) is 0 Å². The first-order chi connectivity index (χ1) is 19.6. The van der Waals surface area contributed by atoms with Crippen LogP contribution in [-0.4, -0.2) is 76.7 Å². The second-order valence-electron chi connectivity index (χ2n) is 10.7. The van der Waals surface area contributed by atoms with Crippen molar-refractivity contribution in [1.29, 1.82) is 0 Å². The Morgan fingerprint density at radius 2 is 1.90 bits per heavy atom. The minimum Gasteiger partial charge on any atom is -0.504 e. The molecule has 2 aliphatic heterocycles. The fraction of sp³-hybridized carbons (Fsp3) is 0.500. The second-order valence-corrected chi connectivity index (χ2v) is 12.2. The summed E-state index contributed by atoms with van der Waals surface area (Å²) in [6, 6.07) is 13.0. The standard InChI is InChI=1S/C23H32N2O4.C7H7O2P.C2H6/c1-14-5-6-18(27)20-19(14)22-10-12-25(4)15(2)23(22,28)9-7-16(21(22)29-20)13-17(26)8-11-24-3;8-6-10(9)7-4-2-1-3-5-7;1-2/h5-7,15,21,24,27-28H,8-13H2,1-4H3;1-6,9H;1-2H3. The van der Waals surface area contributed by atoms with Gasteiger partial charge in [-0.3, -0.25) is 9.59 Å². The molecule has 4 N–H and O–H groups in total. The topological polar surface area (TPSA) is 119 Å². The Balaban J connectivity index is 0.000000324. The Labute approximate surface area is 245 Å². The third kappa shape index (κ3) is 6.13. The molecular formula is C32H45N2O6P. The van der Waals surface area contributed by atoms with Crippen molar-refractivity contribution in [2.24, 2.45) is 0 Å². The highest BCUT2D eigenvalue weighted by Gasteiger charge is 2.68. The van der Waals surface area contributed by atoms with Crippen molar-refractivity contribution in [3.05, 3.63) is 65.2 Å². The van der Waals surface area contributed by atoms with Crippen molar-refractivity contribution < 1.29 is 29.4 Å². The number of phenols is 1. The van der Waals surface area contributed by atoms with Crippen LogP contribution in [-0.2, 0) is 15.0 Å². The number of nitrogens with zero attached hydrogens (tertiary/aromatic N) is 1. The number of aryl methyl sites for hydroxylation is 1. The molecule has 0 amide bonds. The molecule has 0 aromatic heterocycles. The van der Waals surface area contributed by atoms with Crippen LogP contribution >= 0.6 is 8.15 Å².